The molecule has 1 aliphatic rings. The number of halogens is 1. The van der Waals surface area contributed by atoms with Gasteiger partial charge in [0.1, 0.15) is 12.1 Å². The Balaban J connectivity index is 1.47. The number of unbranched alkanes of at least 4 members (excludes halogenated alkanes) is 2. The summed E-state index contributed by atoms with van der Waals surface area (Å²) in [7, 11) is 0. The monoisotopic (exact) mass is 630 g/mol. The van der Waals surface area contributed by atoms with E-state index in [0.717, 1.165) is 44.2 Å². The maximum absolute atomic E-state index is 13.1. The lowest BCUT2D eigenvalue weighted by Crippen LogP contribution is -2.55. The zero-order valence-corrected chi connectivity index (χ0v) is 26.9. The molecule has 1 fully saturated rings. The molecule has 0 aliphatic heterocycles. The summed E-state index contributed by atoms with van der Waals surface area (Å²) in [5.74, 6) is -1.09. The van der Waals surface area contributed by atoms with Crippen molar-refractivity contribution < 1.29 is 19.5 Å². The molecule has 3 atom stereocenters. The Morgan fingerprint density at radius 1 is 1.00 bits per heavy atom. The number of amides is 3. The largest absolute Gasteiger partial charge is 0.394 e. The molecule has 0 unspecified atom stereocenters. The van der Waals surface area contributed by atoms with Crippen LogP contribution in [0, 0.1) is 5.92 Å². The fraction of sp³-hybridized carbons (Fsp3) is 0.636. The van der Waals surface area contributed by atoms with Crippen LogP contribution >= 0.6 is 11.6 Å². The van der Waals surface area contributed by atoms with Gasteiger partial charge >= 0.3 is 0 Å². The van der Waals surface area contributed by atoms with Gasteiger partial charge in [0.15, 0.2) is 0 Å². The summed E-state index contributed by atoms with van der Waals surface area (Å²) < 4.78 is 1.92. The van der Waals surface area contributed by atoms with Crippen LogP contribution in [0.15, 0.2) is 36.7 Å². The number of benzene rings is 1. The van der Waals surface area contributed by atoms with Gasteiger partial charge < -0.3 is 31.4 Å². The lowest BCUT2D eigenvalue weighted by Gasteiger charge is -2.24. The number of imidazole rings is 1. The number of carbonyl (C=O) groups excluding carboxylic acids is 3. The number of aryl methyl sites for hydroxylation is 2. The summed E-state index contributed by atoms with van der Waals surface area (Å²) in [5.41, 5.74) is 7.62. The summed E-state index contributed by atoms with van der Waals surface area (Å²) in [6.45, 7) is 3.07. The van der Waals surface area contributed by atoms with E-state index in [1.807, 2.05) is 35.0 Å². The van der Waals surface area contributed by atoms with Crippen LogP contribution in [0.3, 0.4) is 0 Å². The minimum Gasteiger partial charge on any atom is -0.394 e. The molecule has 0 spiro atoms. The molecular formula is C33H51ClN6O4. The fourth-order valence-electron chi connectivity index (χ4n) is 5.74. The summed E-state index contributed by atoms with van der Waals surface area (Å²) in [5, 5.41) is 18.9. The normalized spacial score (nSPS) is 15.7. The first kappa shape index (κ1) is 35.5. The zero-order valence-electron chi connectivity index (χ0n) is 26.1. The van der Waals surface area contributed by atoms with Crippen LogP contribution in [0.4, 0.5) is 0 Å². The second-order valence-corrected chi connectivity index (χ2v) is 12.3. The highest BCUT2D eigenvalue weighted by atomic mass is 35.5. The van der Waals surface area contributed by atoms with Gasteiger partial charge in [-0.3, -0.25) is 14.4 Å². The predicted octanol–water partition coefficient (Wildman–Crippen LogP) is 3.84. The number of aliphatic hydroxyl groups is 1. The van der Waals surface area contributed by atoms with Crippen molar-refractivity contribution in [2.45, 2.75) is 109 Å². The van der Waals surface area contributed by atoms with Crippen LogP contribution in [0.1, 0.15) is 94.6 Å². The number of nitrogens with two attached hydrogens (primary N) is 1. The summed E-state index contributed by atoms with van der Waals surface area (Å²) in [6, 6.07) is 5.95. The summed E-state index contributed by atoms with van der Waals surface area (Å²) >= 11 is 6.03. The molecule has 3 amide bonds. The van der Waals surface area contributed by atoms with Gasteiger partial charge in [0.05, 0.1) is 12.5 Å². The van der Waals surface area contributed by atoms with Crippen molar-refractivity contribution in [2.75, 3.05) is 19.7 Å². The summed E-state index contributed by atoms with van der Waals surface area (Å²) in [6.07, 6.45) is 15.4. The van der Waals surface area contributed by atoms with Crippen molar-refractivity contribution in [2.24, 2.45) is 11.7 Å². The van der Waals surface area contributed by atoms with Gasteiger partial charge in [-0.05, 0) is 87.1 Å². The van der Waals surface area contributed by atoms with Gasteiger partial charge in [-0.15, -0.1) is 0 Å². The Morgan fingerprint density at radius 3 is 2.39 bits per heavy atom. The standard InChI is InChI=1S/C33H51ClN6O4/c1-24(27-15-13-26(14-16-27)11-6-8-21-40-22-20-37-33(40)34)30(42)39-29(23-41)32(44)38-28(12-5-7-18-35)31(43)36-19-17-25-9-3-2-4-10-25/h13-16,20,22,24-25,28-29,41H,2-12,17-19,21,23,35H2,1H3,(H,36,43)(H,38,44)(H,39,42)/t24-,28+,29+/m1/s1. The van der Waals surface area contributed by atoms with E-state index in [9.17, 15) is 19.5 Å². The Hall–Kier alpha value is -2.95. The summed E-state index contributed by atoms with van der Waals surface area (Å²) in [4.78, 5) is 43.2. The molecule has 0 bridgehead atoms. The highest BCUT2D eigenvalue weighted by Crippen LogP contribution is 2.25. The van der Waals surface area contributed by atoms with Gasteiger partial charge in [0.25, 0.3) is 0 Å². The number of carbonyl (C=O) groups is 3. The van der Waals surface area contributed by atoms with Crippen LogP contribution in [0.5, 0.6) is 0 Å². The molecule has 1 aromatic carbocycles. The van der Waals surface area contributed by atoms with Crippen molar-refractivity contribution >= 4 is 29.3 Å². The smallest absolute Gasteiger partial charge is 0.245 e. The van der Waals surface area contributed by atoms with E-state index in [4.69, 9.17) is 17.3 Å². The third-order valence-electron chi connectivity index (χ3n) is 8.62. The Labute approximate surface area is 266 Å². The third kappa shape index (κ3) is 11.9. The van der Waals surface area contributed by atoms with Gasteiger partial charge in [-0.2, -0.15) is 0 Å². The topological polar surface area (TPSA) is 151 Å². The predicted molar refractivity (Wildman–Crippen MR) is 173 cm³/mol. The highest BCUT2D eigenvalue weighted by molar-refractivity contribution is 6.28. The van der Waals surface area contributed by atoms with E-state index < -0.39 is 30.5 Å². The molecule has 3 rings (SSSR count). The van der Waals surface area contributed by atoms with E-state index in [2.05, 4.69) is 20.9 Å². The van der Waals surface area contributed by atoms with Crippen molar-refractivity contribution in [1.82, 2.24) is 25.5 Å². The Morgan fingerprint density at radius 2 is 1.73 bits per heavy atom. The SMILES string of the molecule is C[C@@H](C(=O)N[C@@H](CO)C(=O)N[C@@H](CCCCN)C(=O)NCCC1CCCCC1)c1ccc(CCCCn2ccnc2Cl)cc1. The molecule has 0 saturated heterocycles. The Bertz CT molecular complexity index is 1150. The average Bonchev–Trinajstić information content (AvgIpc) is 3.45. The van der Waals surface area contributed by atoms with Crippen LogP contribution in [-0.2, 0) is 27.3 Å². The van der Waals surface area contributed by atoms with E-state index in [1.165, 1.54) is 37.7 Å². The van der Waals surface area contributed by atoms with Crippen molar-refractivity contribution in [1.29, 1.82) is 0 Å². The first-order chi connectivity index (χ1) is 21.3. The third-order valence-corrected chi connectivity index (χ3v) is 8.94. The van der Waals surface area contributed by atoms with Gasteiger partial charge in [-0.25, -0.2) is 4.98 Å². The molecule has 1 aliphatic carbocycles. The van der Waals surface area contributed by atoms with Crippen LogP contribution in [0.2, 0.25) is 5.28 Å². The number of hydrogen-bond acceptors (Lipinski definition) is 6. The molecule has 2 aromatic rings. The Kier molecular flexibility index (Phi) is 15.7. The van der Waals surface area contributed by atoms with Crippen LogP contribution < -0.4 is 21.7 Å². The average molecular weight is 631 g/mol. The second-order valence-electron chi connectivity index (χ2n) is 12.0. The molecule has 1 heterocycles. The van der Waals surface area contributed by atoms with Gasteiger partial charge in [0.2, 0.25) is 23.0 Å². The molecule has 0 radical (unpaired) electrons. The van der Waals surface area contributed by atoms with E-state index in [-0.39, 0.29) is 11.8 Å². The molecule has 44 heavy (non-hydrogen) atoms. The highest BCUT2D eigenvalue weighted by Gasteiger charge is 2.28. The number of rotatable bonds is 19. The fourth-order valence-corrected chi connectivity index (χ4v) is 5.93. The first-order valence-electron chi connectivity index (χ1n) is 16.3. The number of nitrogens with one attached hydrogen (secondary N) is 3. The maximum Gasteiger partial charge on any atom is 0.245 e. The van der Waals surface area contributed by atoms with E-state index in [1.54, 1.807) is 13.1 Å². The minimum atomic E-state index is -1.17. The number of aliphatic hydroxyl groups excluding tert-OH is 1. The number of aromatic nitrogens is 2. The molecule has 11 heteroatoms. The molecular weight excluding hydrogens is 580 g/mol. The van der Waals surface area contributed by atoms with Gasteiger partial charge in [0, 0.05) is 25.5 Å². The second kappa shape index (κ2) is 19.4. The van der Waals surface area contributed by atoms with E-state index >= 15 is 0 Å². The first-order valence-corrected chi connectivity index (χ1v) is 16.6. The van der Waals surface area contributed by atoms with Crippen molar-refractivity contribution in [3.05, 3.63) is 53.1 Å². The molecule has 1 aromatic heterocycles. The van der Waals surface area contributed by atoms with Gasteiger partial charge in [-0.1, -0.05) is 56.4 Å². The zero-order chi connectivity index (χ0) is 31.7. The molecule has 6 N–H and O–H groups in total. The maximum atomic E-state index is 13.1. The lowest BCUT2D eigenvalue weighted by atomic mass is 9.87. The number of nitrogens with zero attached hydrogens (tertiary/aromatic N) is 2. The van der Waals surface area contributed by atoms with E-state index in [0.29, 0.717) is 37.1 Å². The van der Waals surface area contributed by atoms with Crippen LogP contribution in [-0.4, -0.2) is 64.2 Å². The molecule has 1 saturated carbocycles. The van der Waals surface area contributed by atoms with Crippen LogP contribution in [0.25, 0.3) is 0 Å². The number of hydrogen-bond donors (Lipinski definition) is 5. The quantitative estimate of drug-likeness (QED) is 0.149. The van der Waals surface area contributed by atoms with Crippen molar-refractivity contribution in [3.63, 3.8) is 0 Å². The van der Waals surface area contributed by atoms with Crippen molar-refractivity contribution in [3.8, 4) is 0 Å². The molecule has 244 valence electrons. The lowest BCUT2D eigenvalue weighted by molar-refractivity contribution is -0.133. The minimum absolute atomic E-state index is 0.242. The molecule has 10 nitrogen and oxygen atoms in total.